The summed E-state index contributed by atoms with van der Waals surface area (Å²) >= 11 is 0. The molecule has 2 aliphatic rings. The van der Waals surface area contributed by atoms with Crippen molar-refractivity contribution in [2.24, 2.45) is 0 Å². The molecule has 0 bridgehead atoms. The van der Waals surface area contributed by atoms with Crippen LogP contribution in [0.3, 0.4) is 0 Å². The molecule has 194 valence electrons. The van der Waals surface area contributed by atoms with E-state index in [9.17, 15) is 19.1 Å². The molecule has 3 aromatic rings. The number of pyridine rings is 1. The number of aromatic carboxylic acids is 1. The zero-order valence-electron chi connectivity index (χ0n) is 21.3. The highest BCUT2D eigenvalue weighted by Crippen LogP contribution is 2.57. The second-order valence-electron chi connectivity index (χ2n) is 10.3. The van der Waals surface area contributed by atoms with E-state index in [0.29, 0.717) is 37.7 Å². The first-order valence-corrected chi connectivity index (χ1v) is 12.3. The number of methoxy groups -OCH3 is 1. The highest BCUT2D eigenvalue weighted by atomic mass is 19.1. The van der Waals surface area contributed by atoms with E-state index < -0.39 is 22.5 Å². The number of ether oxygens (including phenoxy) is 3. The van der Waals surface area contributed by atoms with E-state index in [1.54, 1.807) is 19.2 Å². The minimum atomic E-state index is -1.27. The van der Waals surface area contributed by atoms with Gasteiger partial charge in [0, 0.05) is 49.4 Å². The molecule has 0 amide bonds. The van der Waals surface area contributed by atoms with Crippen LogP contribution in [-0.2, 0) is 15.0 Å². The predicted octanol–water partition coefficient (Wildman–Crippen LogP) is 5.06. The van der Waals surface area contributed by atoms with Crippen LogP contribution in [0.1, 0.15) is 49.0 Å². The lowest BCUT2D eigenvalue weighted by Crippen LogP contribution is -2.51. The van der Waals surface area contributed by atoms with Gasteiger partial charge < -0.3 is 23.9 Å². The van der Waals surface area contributed by atoms with Crippen LogP contribution < -0.4 is 10.2 Å². The monoisotopic (exact) mass is 507 g/mol. The molecule has 0 unspecified atom stereocenters. The molecule has 7 nitrogen and oxygen atoms in total. The van der Waals surface area contributed by atoms with Crippen molar-refractivity contribution in [2.45, 2.75) is 44.2 Å². The van der Waals surface area contributed by atoms with Crippen molar-refractivity contribution in [3.63, 3.8) is 0 Å². The number of carboxylic acids is 1. The Balaban J connectivity index is 1.77. The molecule has 2 atom stereocenters. The summed E-state index contributed by atoms with van der Waals surface area (Å²) in [6, 6.07) is 11.5. The lowest BCUT2D eigenvalue weighted by Gasteiger charge is -2.47. The summed E-state index contributed by atoms with van der Waals surface area (Å²) in [6.07, 6.45) is 2.14. The smallest absolute Gasteiger partial charge is 0.341 e. The number of benzene rings is 2. The van der Waals surface area contributed by atoms with Crippen LogP contribution in [0, 0.1) is 5.82 Å². The minimum absolute atomic E-state index is 0.127. The Morgan fingerprint density at radius 3 is 2.54 bits per heavy atom. The van der Waals surface area contributed by atoms with E-state index in [1.807, 2.05) is 37.5 Å². The topological polar surface area (TPSA) is 87.0 Å². The van der Waals surface area contributed by atoms with E-state index in [4.69, 9.17) is 14.2 Å². The predicted molar refractivity (Wildman–Crippen MR) is 137 cm³/mol. The number of carbonyl (C=O) groups is 1. The molecule has 3 heterocycles. The van der Waals surface area contributed by atoms with Gasteiger partial charge in [0.25, 0.3) is 0 Å². The molecule has 2 aromatic carbocycles. The summed E-state index contributed by atoms with van der Waals surface area (Å²) in [6.45, 7) is 7.42. The largest absolute Gasteiger partial charge is 0.493 e. The number of carboxylic acid groups (broad SMARTS) is 1. The lowest BCUT2D eigenvalue weighted by atomic mass is 9.69. The molecule has 0 aliphatic carbocycles. The molecule has 1 aromatic heterocycles. The summed E-state index contributed by atoms with van der Waals surface area (Å²) in [7, 11) is 1.64. The summed E-state index contributed by atoms with van der Waals surface area (Å²) in [5.74, 6) is -1.09. The molecule has 1 N–H and O–H groups in total. The van der Waals surface area contributed by atoms with Gasteiger partial charge in [0.05, 0.1) is 30.0 Å². The van der Waals surface area contributed by atoms with E-state index in [2.05, 4.69) is 0 Å². The lowest BCUT2D eigenvalue weighted by molar-refractivity contribution is -0.0206. The van der Waals surface area contributed by atoms with E-state index in [0.717, 1.165) is 22.3 Å². The van der Waals surface area contributed by atoms with E-state index >= 15 is 0 Å². The third-order valence-corrected chi connectivity index (χ3v) is 8.00. The summed E-state index contributed by atoms with van der Waals surface area (Å²) in [5.41, 5.74) is 1.71. The Bertz CT molecular complexity index is 1430. The fraction of sp³-hybridized carbons (Fsp3) is 0.379. The van der Waals surface area contributed by atoms with Gasteiger partial charge in [-0.15, -0.1) is 0 Å². The maximum absolute atomic E-state index is 13.7. The number of rotatable bonds is 7. The molecule has 1 fully saturated rings. The summed E-state index contributed by atoms with van der Waals surface area (Å²) < 4.78 is 33.3. The van der Waals surface area contributed by atoms with Gasteiger partial charge in [0.1, 0.15) is 17.1 Å². The quantitative estimate of drug-likeness (QED) is 0.450. The summed E-state index contributed by atoms with van der Waals surface area (Å²) in [4.78, 5) is 24.7. The average Bonchev–Trinajstić information content (AvgIpc) is 3.11. The van der Waals surface area contributed by atoms with Crippen LogP contribution in [-0.4, -0.2) is 48.2 Å². The first-order valence-electron chi connectivity index (χ1n) is 12.3. The molecule has 0 saturated carbocycles. The Morgan fingerprint density at radius 2 is 1.86 bits per heavy atom. The normalized spacial score (nSPS) is 21.2. The van der Waals surface area contributed by atoms with E-state index in [-0.39, 0.29) is 17.3 Å². The highest BCUT2D eigenvalue weighted by molar-refractivity contribution is 5.88. The number of nitrogens with zero attached hydrogens (tertiary/aromatic N) is 1. The maximum atomic E-state index is 13.7. The number of halogens is 1. The number of fused-ring (bicyclic) bond motifs is 6. The number of aromatic nitrogens is 1. The van der Waals surface area contributed by atoms with Gasteiger partial charge in [-0.1, -0.05) is 12.1 Å². The molecule has 37 heavy (non-hydrogen) atoms. The Hall–Kier alpha value is -3.49. The molecule has 8 heteroatoms. The van der Waals surface area contributed by atoms with Crippen molar-refractivity contribution in [3.8, 4) is 28.1 Å². The van der Waals surface area contributed by atoms with Crippen molar-refractivity contribution >= 4 is 5.97 Å². The fourth-order valence-corrected chi connectivity index (χ4v) is 5.62. The molecular formula is C29H30FNO6. The Labute approximate surface area is 214 Å². The molecular weight excluding hydrogens is 477 g/mol. The zero-order chi connectivity index (χ0) is 26.5. The maximum Gasteiger partial charge on any atom is 0.341 e. The summed E-state index contributed by atoms with van der Waals surface area (Å²) in [5, 5.41) is 9.69. The van der Waals surface area contributed by atoms with Crippen LogP contribution in [0.5, 0.6) is 5.75 Å². The minimum Gasteiger partial charge on any atom is -0.493 e. The van der Waals surface area contributed by atoms with Crippen LogP contribution in [0.4, 0.5) is 4.39 Å². The SMILES string of the molecule is COCCCOc1cc2c(cc1-c1ccc(F)cc1)-c1cc(=O)c(C(=O)O)cn1[C@]1(C)[C@@H]2COC1(C)C. The Kier molecular flexibility index (Phi) is 6.20. The zero-order valence-corrected chi connectivity index (χ0v) is 21.3. The third-order valence-electron chi connectivity index (χ3n) is 8.00. The molecule has 5 rings (SSSR count). The number of hydrogen-bond acceptors (Lipinski definition) is 5. The van der Waals surface area contributed by atoms with E-state index in [1.165, 1.54) is 24.4 Å². The van der Waals surface area contributed by atoms with Crippen molar-refractivity contribution < 1.29 is 28.5 Å². The Morgan fingerprint density at radius 1 is 1.14 bits per heavy atom. The van der Waals surface area contributed by atoms with Crippen LogP contribution in [0.25, 0.3) is 22.4 Å². The number of hydrogen-bond donors (Lipinski definition) is 1. The molecule has 0 spiro atoms. The fourth-order valence-electron chi connectivity index (χ4n) is 5.62. The van der Waals surface area contributed by atoms with Crippen molar-refractivity contribution in [1.82, 2.24) is 4.57 Å². The second kappa shape index (κ2) is 9.11. The first-order chi connectivity index (χ1) is 17.6. The second-order valence-corrected chi connectivity index (χ2v) is 10.3. The third kappa shape index (κ3) is 3.95. The molecule has 1 saturated heterocycles. The molecule has 0 radical (unpaired) electrons. The highest BCUT2D eigenvalue weighted by Gasteiger charge is 2.58. The van der Waals surface area contributed by atoms with Crippen molar-refractivity contribution in [1.29, 1.82) is 0 Å². The molecule has 2 aliphatic heterocycles. The first kappa shape index (κ1) is 25.2. The van der Waals surface area contributed by atoms with Gasteiger partial charge >= 0.3 is 5.97 Å². The average molecular weight is 508 g/mol. The van der Waals surface area contributed by atoms with Crippen molar-refractivity contribution in [2.75, 3.05) is 26.9 Å². The van der Waals surface area contributed by atoms with Gasteiger partial charge in [-0.3, -0.25) is 4.79 Å². The van der Waals surface area contributed by atoms with Crippen LogP contribution >= 0.6 is 0 Å². The van der Waals surface area contributed by atoms with Crippen LogP contribution in [0.15, 0.2) is 53.5 Å². The van der Waals surface area contributed by atoms with Gasteiger partial charge in [-0.05, 0) is 56.2 Å². The van der Waals surface area contributed by atoms with Gasteiger partial charge in [-0.25, -0.2) is 9.18 Å². The van der Waals surface area contributed by atoms with Crippen LogP contribution in [0.2, 0.25) is 0 Å². The van der Waals surface area contributed by atoms with Gasteiger partial charge in [-0.2, -0.15) is 0 Å². The van der Waals surface area contributed by atoms with Gasteiger partial charge in [0.2, 0.25) is 0 Å². The van der Waals surface area contributed by atoms with Crippen molar-refractivity contribution in [3.05, 3.63) is 75.8 Å². The van der Waals surface area contributed by atoms with Gasteiger partial charge in [0.15, 0.2) is 5.43 Å². The standard InChI is InChI=1S/C29H30FNO6/c1-28(2)29(3)23(16-37-28)20-13-26(36-11-5-10-35-4)19(17-6-8-18(30)9-7-17)12-21(20)24-14-25(32)22(27(33)34)15-31(24)29/h6-9,12-15,23H,5,10-11,16H2,1-4H3,(H,33,34)/t23-,29-/m1/s1.